The molecule has 1 unspecified atom stereocenters. The SMILES string of the molecule is COc1ccc(CCNC(=O)C(C)N2CCN(C(=O)C(C)(C)C)CC2)cc1. The van der Waals surface area contributed by atoms with E-state index < -0.39 is 0 Å². The van der Waals surface area contributed by atoms with Gasteiger partial charge >= 0.3 is 0 Å². The second-order valence-electron chi connectivity index (χ2n) is 8.14. The number of hydrogen-bond acceptors (Lipinski definition) is 4. The quantitative estimate of drug-likeness (QED) is 0.825. The second kappa shape index (κ2) is 9.22. The van der Waals surface area contributed by atoms with Crippen molar-refractivity contribution >= 4 is 11.8 Å². The van der Waals surface area contributed by atoms with E-state index in [0.717, 1.165) is 30.8 Å². The van der Waals surface area contributed by atoms with Crippen LogP contribution in [0.5, 0.6) is 5.75 Å². The van der Waals surface area contributed by atoms with Gasteiger partial charge in [-0.25, -0.2) is 0 Å². The summed E-state index contributed by atoms with van der Waals surface area (Å²) in [4.78, 5) is 28.9. The molecule has 1 fully saturated rings. The van der Waals surface area contributed by atoms with E-state index in [1.165, 1.54) is 0 Å². The summed E-state index contributed by atoms with van der Waals surface area (Å²) in [6.07, 6.45) is 0.788. The molecule has 1 aliphatic heterocycles. The summed E-state index contributed by atoms with van der Waals surface area (Å²) in [7, 11) is 1.65. The van der Waals surface area contributed by atoms with E-state index in [1.54, 1.807) is 7.11 Å². The van der Waals surface area contributed by atoms with Crippen molar-refractivity contribution in [3.8, 4) is 5.75 Å². The van der Waals surface area contributed by atoms with Crippen molar-refractivity contribution in [3.63, 3.8) is 0 Å². The molecule has 1 aliphatic rings. The molecule has 0 radical (unpaired) electrons. The van der Waals surface area contributed by atoms with Crippen LogP contribution >= 0.6 is 0 Å². The van der Waals surface area contributed by atoms with Crippen molar-refractivity contribution in [1.29, 1.82) is 0 Å². The summed E-state index contributed by atoms with van der Waals surface area (Å²) in [6, 6.07) is 7.70. The van der Waals surface area contributed by atoms with Crippen LogP contribution in [-0.2, 0) is 16.0 Å². The van der Waals surface area contributed by atoms with Crippen molar-refractivity contribution in [2.24, 2.45) is 5.41 Å². The average molecular weight is 376 g/mol. The van der Waals surface area contributed by atoms with Gasteiger partial charge in [0.25, 0.3) is 0 Å². The highest BCUT2D eigenvalue weighted by atomic mass is 16.5. The highest BCUT2D eigenvalue weighted by Crippen LogP contribution is 2.19. The number of carbonyl (C=O) groups excluding carboxylic acids is 2. The minimum absolute atomic E-state index is 0.0408. The first-order valence-electron chi connectivity index (χ1n) is 9.66. The van der Waals surface area contributed by atoms with Crippen molar-refractivity contribution in [2.45, 2.75) is 40.2 Å². The first-order valence-corrected chi connectivity index (χ1v) is 9.66. The molecule has 0 bridgehead atoms. The van der Waals surface area contributed by atoms with Crippen molar-refractivity contribution < 1.29 is 14.3 Å². The lowest BCUT2D eigenvalue weighted by Crippen LogP contribution is -2.56. The number of hydrogen-bond donors (Lipinski definition) is 1. The summed E-state index contributed by atoms with van der Waals surface area (Å²) >= 11 is 0. The van der Waals surface area contributed by atoms with Crippen LogP contribution in [0.4, 0.5) is 0 Å². The molecule has 0 saturated carbocycles. The Labute approximate surface area is 162 Å². The van der Waals surface area contributed by atoms with E-state index >= 15 is 0 Å². The van der Waals surface area contributed by atoms with Gasteiger partial charge in [0.2, 0.25) is 11.8 Å². The predicted octanol–water partition coefficient (Wildman–Crippen LogP) is 1.93. The molecule has 27 heavy (non-hydrogen) atoms. The van der Waals surface area contributed by atoms with E-state index in [9.17, 15) is 9.59 Å². The highest BCUT2D eigenvalue weighted by Gasteiger charge is 2.31. The van der Waals surface area contributed by atoms with E-state index in [1.807, 2.05) is 56.9 Å². The molecule has 0 aromatic heterocycles. The number of methoxy groups -OCH3 is 1. The van der Waals surface area contributed by atoms with E-state index in [4.69, 9.17) is 4.74 Å². The van der Waals surface area contributed by atoms with Gasteiger partial charge in [0.05, 0.1) is 13.2 Å². The number of piperazine rings is 1. The Balaban J connectivity index is 1.74. The zero-order valence-electron chi connectivity index (χ0n) is 17.2. The Morgan fingerprint density at radius 1 is 1.11 bits per heavy atom. The van der Waals surface area contributed by atoms with Crippen LogP contribution < -0.4 is 10.1 Å². The topological polar surface area (TPSA) is 61.9 Å². The molecule has 6 heteroatoms. The normalized spacial score (nSPS) is 16.7. The molecule has 2 amide bonds. The van der Waals surface area contributed by atoms with Gasteiger partial charge in [-0.05, 0) is 31.0 Å². The van der Waals surface area contributed by atoms with Crippen LogP contribution in [0.1, 0.15) is 33.3 Å². The summed E-state index contributed by atoms with van der Waals surface area (Å²) in [6.45, 7) is 11.2. The van der Waals surface area contributed by atoms with Gasteiger partial charge in [0.15, 0.2) is 0 Å². The van der Waals surface area contributed by atoms with Crippen molar-refractivity contribution in [3.05, 3.63) is 29.8 Å². The fraction of sp³-hybridized carbons (Fsp3) is 0.619. The third kappa shape index (κ3) is 5.96. The number of nitrogens with one attached hydrogen (secondary N) is 1. The van der Waals surface area contributed by atoms with Gasteiger partial charge in [-0.1, -0.05) is 32.9 Å². The lowest BCUT2D eigenvalue weighted by molar-refractivity contribution is -0.142. The Hall–Kier alpha value is -2.08. The third-order valence-electron chi connectivity index (χ3n) is 5.04. The smallest absolute Gasteiger partial charge is 0.237 e. The van der Waals surface area contributed by atoms with Gasteiger partial charge < -0.3 is 15.0 Å². The molecule has 6 nitrogen and oxygen atoms in total. The largest absolute Gasteiger partial charge is 0.497 e. The highest BCUT2D eigenvalue weighted by molar-refractivity contribution is 5.82. The zero-order chi connectivity index (χ0) is 20.0. The maximum atomic E-state index is 12.5. The molecule has 150 valence electrons. The second-order valence-corrected chi connectivity index (χ2v) is 8.14. The average Bonchev–Trinajstić information content (AvgIpc) is 2.66. The Kier molecular flexibility index (Phi) is 7.25. The van der Waals surface area contributed by atoms with Crippen LogP contribution in [0, 0.1) is 5.41 Å². The molecule has 1 atom stereocenters. The van der Waals surface area contributed by atoms with Gasteiger partial charge in [0, 0.05) is 38.1 Å². The molecule has 1 N–H and O–H groups in total. The molecular weight excluding hydrogens is 342 g/mol. The predicted molar refractivity (Wildman–Crippen MR) is 107 cm³/mol. The summed E-state index contributed by atoms with van der Waals surface area (Å²) in [5.74, 6) is 1.05. The number of carbonyl (C=O) groups is 2. The molecule has 1 heterocycles. The maximum absolute atomic E-state index is 12.5. The van der Waals surface area contributed by atoms with Crippen molar-refractivity contribution in [1.82, 2.24) is 15.1 Å². The summed E-state index contributed by atoms with van der Waals surface area (Å²) in [5, 5.41) is 3.02. The Morgan fingerprint density at radius 2 is 1.70 bits per heavy atom. The molecule has 1 saturated heterocycles. The Bertz CT molecular complexity index is 629. The molecule has 0 spiro atoms. The van der Waals surface area contributed by atoms with E-state index in [0.29, 0.717) is 19.6 Å². The number of ether oxygens (including phenoxy) is 1. The molecule has 1 aromatic carbocycles. The fourth-order valence-electron chi connectivity index (χ4n) is 3.22. The van der Waals surface area contributed by atoms with Gasteiger partial charge in [0.1, 0.15) is 5.75 Å². The van der Waals surface area contributed by atoms with Gasteiger partial charge in [-0.15, -0.1) is 0 Å². The monoisotopic (exact) mass is 375 g/mol. The van der Waals surface area contributed by atoms with Crippen LogP contribution in [0.3, 0.4) is 0 Å². The summed E-state index contributed by atoms with van der Waals surface area (Å²) < 4.78 is 5.15. The lowest BCUT2D eigenvalue weighted by Gasteiger charge is -2.39. The first-order chi connectivity index (χ1) is 12.7. The fourth-order valence-corrected chi connectivity index (χ4v) is 3.22. The van der Waals surface area contributed by atoms with E-state index in [-0.39, 0.29) is 23.3 Å². The van der Waals surface area contributed by atoms with Crippen LogP contribution in [0.25, 0.3) is 0 Å². The number of rotatable bonds is 6. The first kappa shape index (κ1) is 21.2. The minimum Gasteiger partial charge on any atom is -0.497 e. The minimum atomic E-state index is -0.355. The zero-order valence-corrected chi connectivity index (χ0v) is 17.2. The standard InChI is InChI=1S/C21H33N3O3/c1-16(23-12-14-24(15-13-23)20(26)21(2,3)4)19(25)22-11-10-17-6-8-18(27-5)9-7-17/h6-9,16H,10-15H2,1-5H3,(H,22,25). The van der Waals surface area contributed by atoms with E-state index in [2.05, 4.69) is 10.2 Å². The molecule has 1 aromatic rings. The van der Waals surface area contributed by atoms with Crippen LogP contribution in [0.2, 0.25) is 0 Å². The summed E-state index contributed by atoms with van der Waals surface area (Å²) in [5.41, 5.74) is 0.810. The molecule has 0 aliphatic carbocycles. The third-order valence-corrected chi connectivity index (χ3v) is 5.04. The maximum Gasteiger partial charge on any atom is 0.237 e. The van der Waals surface area contributed by atoms with Crippen molar-refractivity contribution in [2.75, 3.05) is 39.8 Å². The number of benzene rings is 1. The lowest BCUT2D eigenvalue weighted by atomic mass is 9.94. The molecule has 2 rings (SSSR count). The Morgan fingerprint density at radius 3 is 2.22 bits per heavy atom. The number of amides is 2. The van der Waals surface area contributed by atoms with Crippen LogP contribution in [-0.4, -0.2) is 67.5 Å². The van der Waals surface area contributed by atoms with Gasteiger partial charge in [-0.3, -0.25) is 14.5 Å². The number of nitrogens with zero attached hydrogens (tertiary/aromatic N) is 2. The molecular formula is C21H33N3O3. The van der Waals surface area contributed by atoms with Gasteiger partial charge in [-0.2, -0.15) is 0 Å². The van der Waals surface area contributed by atoms with Crippen LogP contribution in [0.15, 0.2) is 24.3 Å².